The molecular formula is C19H28F3IN4O. The van der Waals surface area contributed by atoms with Crippen molar-refractivity contribution in [1.82, 2.24) is 15.5 Å². The molecule has 9 heteroatoms. The Balaban J connectivity index is 0.00000392. The molecule has 1 aliphatic carbocycles. The van der Waals surface area contributed by atoms with Gasteiger partial charge in [-0.15, -0.1) is 24.0 Å². The molecule has 0 aliphatic heterocycles. The summed E-state index contributed by atoms with van der Waals surface area (Å²) in [4.78, 5) is 18.0. The van der Waals surface area contributed by atoms with E-state index in [1.54, 1.807) is 0 Å². The Labute approximate surface area is 181 Å². The van der Waals surface area contributed by atoms with E-state index in [0.29, 0.717) is 44.5 Å². The van der Waals surface area contributed by atoms with Crippen LogP contribution in [0.1, 0.15) is 43.7 Å². The Bertz CT molecular complexity index is 646. The van der Waals surface area contributed by atoms with Crippen molar-refractivity contribution in [2.75, 3.05) is 20.1 Å². The molecule has 0 radical (unpaired) electrons. The van der Waals surface area contributed by atoms with Gasteiger partial charge in [-0.1, -0.05) is 12.1 Å². The van der Waals surface area contributed by atoms with E-state index < -0.39 is 11.7 Å². The zero-order valence-corrected chi connectivity index (χ0v) is 18.5. The number of alkyl halides is 3. The normalized spacial score (nSPS) is 14.2. The van der Waals surface area contributed by atoms with Gasteiger partial charge in [-0.3, -0.25) is 9.79 Å². The standard InChI is InChI=1S/C19H27F3N4O.HI/c1-3-23-18(24-12-4-5-17(27)25-16-10-11-16)26(2)13-14-6-8-15(9-7-14)19(20,21)22;/h6-9,16H,3-5,10-13H2,1-2H3,(H,23,24)(H,25,27);1H. The molecule has 2 rings (SSSR count). The fourth-order valence-corrected chi connectivity index (χ4v) is 2.57. The summed E-state index contributed by atoms with van der Waals surface area (Å²) in [5, 5.41) is 6.11. The van der Waals surface area contributed by atoms with Crippen LogP contribution < -0.4 is 10.6 Å². The minimum absolute atomic E-state index is 0. The molecule has 0 bridgehead atoms. The Morgan fingerprint density at radius 2 is 1.89 bits per heavy atom. The van der Waals surface area contributed by atoms with Crippen LogP contribution in [0, 0.1) is 0 Å². The molecule has 0 spiro atoms. The second-order valence-corrected chi connectivity index (χ2v) is 6.73. The maximum Gasteiger partial charge on any atom is 0.416 e. The fourth-order valence-electron chi connectivity index (χ4n) is 2.57. The van der Waals surface area contributed by atoms with E-state index in [-0.39, 0.29) is 29.9 Å². The Morgan fingerprint density at radius 3 is 2.43 bits per heavy atom. The van der Waals surface area contributed by atoms with E-state index in [4.69, 9.17) is 0 Å². The van der Waals surface area contributed by atoms with Gasteiger partial charge in [-0.25, -0.2) is 0 Å². The van der Waals surface area contributed by atoms with Gasteiger partial charge >= 0.3 is 6.18 Å². The zero-order chi connectivity index (χ0) is 19.9. The molecule has 1 aliphatic rings. The van der Waals surface area contributed by atoms with Crippen molar-refractivity contribution in [3.8, 4) is 0 Å². The van der Waals surface area contributed by atoms with Crippen molar-refractivity contribution in [2.24, 2.45) is 4.99 Å². The number of halogens is 4. The first-order chi connectivity index (χ1) is 12.8. The van der Waals surface area contributed by atoms with E-state index in [1.165, 1.54) is 12.1 Å². The van der Waals surface area contributed by atoms with Crippen LogP contribution >= 0.6 is 24.0 Å². The topological polar surface area (TPSA) is 56.7 Å². The molecule has 1 saturated carbocycles. The van der Waals surface area contributed by atoms with Crippen LogP contribution in [0.25, 0.3) is 0 Å². The van der Waals surface area contributed by atoms with Crippen LogP contribution in [-0.4, -0.2) is 42.9 Å². The molecule has 0 unspecified atom stereocenters. The highest BCUT2D eigenvalue weighted by Crippen LogP contribution is 2.29. The molecule has 1 aromatic rings. The van der Waals surface area contributed by atoms with E-state index in [9.17, 15) is 18.0 Å². The summed E-state index contributed by atoms with van der Waals surface area (Å²) in [5.74, 6) is 0.732. The number of guanidine groups is 1. The number of amides is 1. The lowest BCUT2D eigenvalue weighted by Gasteiger charge is -2.22. The molecule has 1 fully saturated rings. The van der Waals surface area contributed by atoms with E-state index in [2.05, 4.69) is 15.6 Å². The van der Waals surface area contributed by atoms with Crippen molar-refractivity contribution in [3.63, 3.8) is 0 Å². The maximum atomic E-state index is 12.6. The minimum Gasteiger partial charge on any atom is -0.357 e. The maximum absolute atomic E-state index is 12.6. The van der Waals surface area contributed by atoms with Gasteiger partial charge in [0.25, 0.3) is 0 Å². The molecule has 28 heavy (non-hydrogen) atoms. The van der Waals surface area contributed by atoms with Gasteiger partial charge in [0, 0.05) is 39.1 Å². The highest BCUT2D eigenvalue weighted by Gasteiger charge is 2.30. The van der Waals surface area contributed by atoms with Crippen LogP contribution in [0.15, 0.2) is 29.3 Å². The van der Waals surface area contributed by atoms with Gasteiger partial charge < -0.3 is 15.5 Å². The highest BCUT2D eigenvalue weighted by atomic mass is 127. The quantitative estimate of drug-likeness (QED) is 0.241. The summed E-state index contributed by atoms with van der Waals surface area (Å²) in [6, 6.07) is 5.50. The number of benzene rings is 1. The molecule has 1 amide bonds. The Kier molecular flexibility index (Phi) is 10.0. The number of rotatable bonds is 8. The van der Waals surface area contributed by atoms with Gasteiger partial charge in [-0.2, -0.15) is 13.2 Å². The number of aliphatic imine (C=N–C) groups is 1. The van der Waals surface area contributed by atoms with Gasteiger partial charge in [0.05, 0.1) is 5.56 Å². The van der Waals surface area contributed by atoms with Crippen LogP contribution in [0.2, 0.25) is 0 Å². The van der Waals surface area contributed by atoms with E-state index in [0.717, 1.165) is 30.5 Å². The highest BCUT2D eigenvalue weighted by molar-refractivity contribution is 14.0. The minimum atomic E-state index is -4.33. The molecule has 1 aromatic carbocycles. The summed E-state index contributed by atoms with van der Waals surface area (Å²) in [6.07, 6.45) is -1.08. The molecule has 2 N–H and O–H groups in total. The van der Waals surface area contributed by atoms with E-state index >= 15 is 0 Å². The number of hydrogen-bond donors (Lipinski definition) is 2. The van der Waals surface area contributed by atoms with Crippen molar-refractivity contribution in [1.29, 1.82) is 0 Å². The Hall–Kier alpha value is -1.52. The van der Waals surface area contributed by atoms with Gasteiger partial charge in [-0.05, 0) is 43.9 Å². The lowest BCUT2D eigenvalue weighted by atomic mass is 10.1. The lowest BCUT2D eigenvalue weighted by molar-refractivity contribution is -0.137. The largest absolute Gasteiger partial charge is 0.416 e. The van der Waals surface area contributed by atoms with Gasteiger partial charge in [0.1, 0.15) is 0 Å². The summed E-state index contributed by atoms with van der Waals surface area (Å²) in [6.45, 7) is 3.58. The first kappa shape index (κ1) is 24.5. The number of nitrogens with one attached hydrogen (secondary N) is 2. The summed E-state index contributed by atoms with van der Waals surface area (Å²) < 4.78 is 37.9. The smallest absolute Gasteiger partial charge is 0.357 e. The summed E-state index contributed by atoms with van der Waals surface area (Å²) in [7, 11) is 1.83. The number of carbonyl (C=O) groups excluding carboxylic acids is 1. The SMILES string of the molecule is CCNC(=NCCCC(=O)NC1CC1)N(C)Cc1ccc(C(F)(F)F)cc1.I. The predicted octanol–water partition coefficient (Wildman–Crippen LogP) is 3.78. The van der Waals surface area contributed by atoms with Gasteiger partial charge in [0.2, 0.25) is 5.91 Å². The van der Waals surface area contributed by atoms with Crippen molar-refractivity contribution in [3.05, 3.63) is 35.4 Å². The van der Waals surface area contributed by atoms with Crippen molar-refractivity contribution < 1.29 is 18.0 Å². The average molecular weight is 512 g/mol. The van der Waals surface area contributed by atoms with Crippen molar-refractivity contribution >= 4 is 35.8 Å². The lowest BCUT2D eigenvalue weighted by Crippen LogP contribution is -2.38. The molecular weight excluding hydrogens is 484 g/mol. The first-order valence-electron chi connectivity index (χ1n) is 9.24. The van der Waals surface area contributed by atoms with Crippen LogP contribution in [0.5, 0.6) is 0 Å². The zero-order valence-electron chi connectivity index (χ0n) is 16.2. The number of carbonyl (C=O) groups is 1. The third-order valence-corrected chi connectivity index (χ3v) is 4.16. The average Bonchev–Trinajstić information content (AvgIpc) is 3.41. The number of hydrogen-bond acceptors (Lipinski definition) is 2. The predicted molar refractivity (Wildman–Crippen MR) is 115 cm³/mol. The summed E-state index contributed by atoms with van der Waals surface area (Å²) >= 11 is 0. The molecule has 0 saturated heterocycles. The third-order valence-electron chi connectivity index (χ3n) is 4.16. The molecule has 0 atom stereocenters. The number of nitrogens with zero attached hydrogens (tertiary/aromatic N) is 2. The molecule has 0 heterocycles. The summed E-state index contributed by atoms with van der Waals surface area (Å²) in [5.41, 5.74) is 0.110. The molecule has 5 nitrogen and oxygen atoms in total. The second kappa shape index (κ2) is 11.5. The van der Waals surface area contributed by atoms with Crippen LogP contribution in [0.4, 0.5) is 13.2 Å². The second-order valence-electron chi connectivity index (χ2n) is 6.73. The Morgan fingerprint density at radius 1 is 1.25 bits per heavy atom. The van der Waals surface area contributed by atoms with Crippen LogP contribution in [0.3, 0.4) is 0 Å². The first-order valence-corrected chi connectivity index (χ1v) is 9.24. The molecule has 158 valence electrons. The fraction of sp³-hybridized carbons (Fsp3) is 0.579. The van der Waals surface area contributed by atoms with Crippen molar-refractivity contribution in [2.45, 2.75) is 51.4 Å². The molecule has 0 aromatic heterocycles. The van der Waals surface area contributed by atoms with E-state index in [1.807, 2.05) is 18.9 Å². The third kappa shape index (κ3) is 8.66. The monoisotopic (exact) mass is 512 g/mol. The van der Waals surface area contributed by atoms with Crippen LogP contribution in [-0.2, 0) is 17.5 Å². The van der Waals surface area contributed by atoms with Gasteiger partial charge in [0.15, 0.2) is 5.96 Å².